The summed E-state index contributed by atoms with van der Waals surface area (Å²) in [6.45, 7) is 2.51. The molecule has 0 saturated heterocycles. The van der Waals surface area contributed by atoms with Crippen LogP contribution in [0.2, 0.25) is 0 Å². The van der Waals surface area contributed by atoms with Crippen LogP contribution in [0.15, 0.2) is 18.2 Å². The molecule has 1 aliphatic heterocycles. The molecule has 1 atom stereocenters. The van der Waals surface area contributed by atoms with E-state index in [2.05, 4.69) is 0 Å². The molecule has 1 aromatic carbocycles. The van der Waals surface area contributed by atoms with Crippen molar-refractivity contribution in [3.8, 4) is 5.75 Å². The van der Waals surface area contributed by atoms with E-state index >= 15 is 0 Å². The Hall–Kier alpha value is -1.02. The molecule has 0 aliphatic carbocycles. The molecule has 2 heteroatoms. The molecule has 0 fully saturated rings. The van der Waals surface area contributed by atoms with Gasteiger partial charge in [0, 0.05) is 12.0 Å². The first-order chi connectivity index (χ1) is 5.79. The number of hydrogen-bond donors (Lipinski definition) is 1. The molecule has 0 spiro atoms. The Balaban J connectivity index is 2.49. The maximum Gasteiger partial charge on any atom is 0.128 e. The number of aliphatic hydroxyl groups is 1. The molecule has 1 aliphatic rings. The Kier molecular flexibility index (Phi) is 1.77. The third kappa shape index (κ3) is 1.08. The highest BCUT2D eigenvalue weighted by molar-refractivity contribution is 5.44. The molecule has 1 heterocycles. The van der Waals surface area contributed by atoms with Gasteiger partial charge < -0.3 is 9.84 Å². The fourth-order valence-corrected chi connectivity index (χ4v) is 1.57. The van der Waals surface area contributed by atoms with E-state index in [-0.39, 0.29) is 0 Å². The van der Waals surface area contributed by atoms with Crippen molar-refractivity contribution in [2.24, 2.45) is 0 Å². The summed E-state index contributed by atoms with van der Waals surface area (Å²) in [6, 6.07) is 5.93. The van der Waals surface area contributed by atoms with Crippen LogP contribution in [-0.2, 0) is 6.42 Å². The highest BCUT2D eigenvalue weighted by atomic mass is 16.5. The van der Waals surface area contributed by atoms with Gasteiger partial charge in [0.2, 0.25) is 0 Å². The summed E-state index contributed by atoms with van der Waals surface area (Å²) in [6.07, 6.45) is 0.536. The summed E-state index contributed by atoms with van der Waals surface area (Å²) in [4.78, 5) is 0. The van der Waals surface area contributed by atoms with E-state index in [1.807, 2.05) is 18.2 Å². The van der Waals surface area contributed by atoms with E-state index in [1.54, 1.807) is 6.92 Å². The zero-order valence-electron chi connectivity index (χ0n) is 7.08. The van der Waals surface area contributed by atoms with Gasteiger partial charge in [-0.15, -0.1) is 0 Å². The first-order valence-electron chi connectivity index (χ1n) is 4.21. The first-order valence-corrected chi connectivity index (χ1v) is 4.21. The van der Waals surface area contributed by atoms with E-state index in [9.17, 15) is 5.11 Å². The molecule has 2 nitrogen and oxygen atoms in total. The molecule has 0 saturated carbocycles. The standard InChI is InChI=1S/C10H12O2/c1-7(11)9-4-2-3-8-5-6-12-10(8)9/h2-4,7,11H,5-6H2,1H3/t7-/m1/s1. The lowest BCUT2D eigenvalue weighted by Crippen LogP contribution is -1.95. The topological polar surface area (TPSA) is 29.5 Å². The van der Waals surface area contributed by atoms with E-state index in [4.69, 9.17) is 4.74 Å². The number of rotatable bonds is 1. The third-order valence-corrected chi connectivity index (χ3v) is 2.19. The summed E-state index contributed by atoms with van der Waals surface area (Å²) in [5.41, 5.74) is 2.12. The lowest BCUT2D eigenvalue weighted by atomic mass is 10.1. The molecule has 0 unspecified atom stereocenters. The lowest BCUT2D eigenvalue weighted by molar-refractivity contribution is 0.193. The molecule has 0 amide bonds. The van der Waals surface area contributed by atoms with Crippen molar-refractivity contribution in [2.45, 2.75) is 19.4 Å². The predicted molar refractivity (Wildman–Crippen MR) is 46.3 cm³/mol. The van der Waals surface area contributed by atoms with Crippen molar-refractivity contribution in [1.29, 1.82) is 0 Å². The zero-order valence-corrected chi connectivity index (χ0v) is 7.08. The monoisotopic (exact) mass is 164 g/mol. The maximum atomic E-state index is 9.41. The summed E-state index contributed by atoms with van der Waals surface area (Å²) in [5.74, 6) is 0.896. The Bertz CT molecular complexity index is 292. The van der Waals surface area contributed by atoms with E-state index < -0.39 is 6.10 Å². The molecule has 1 aromatic rings. The van der Waals surface area contributed by atoms with Crippen LogP contribution in [0.25, 0.3) is 0 Å². The second-order valence-electron chi connectivity index (χ2n) is 3.11. The quantitative estimate of drug-likeness (QED) is 0.684. The van der Waals surface area contributed by atoms with Gasteiger partial charge in [-0.3, -0.25) is 0 Å². The normalized spacial score (nSPS) is 16.8. The van der Waals surface area contributed by atoms with Crippen LogP contribution in [0.5, 0.6) is 5.75 Å². The summed E-state index contributed by atoms with van der Waals surface area (Å²) in [7, 11) is 0. The van der Waals surface area contributed by atoms with Crippen LogP contribution in [0, 0.1) is 0 Å². The molecule has 64 valence electrons. The largest absolute Gasteiger partial charge is 0.493 e. The summed E-state index contributed by atoms with van der Waals surface area (Å²) in [5, 5.41) is 9.41. The number of aliphatic hydroxyl groups excluding tert-OH is 1. The molecular formula is C10H12O2. The van der Waals surface area contributed by atoms with E-state index in [0.29, 0.717) is 0 Å². The molecule has 2 rings (SSSR count). The minimum absolute atomic E-state index is 0.432. The van der Waals surface area contributed by atoms with Gasteiger partial charge in [0.25, 0.3) is 0 Å². The highest BCUT2D eigenvalue weighted by Crippen LogP contribution is 2.32. The molecule has 0 radical (unpaired) electrons. The van der Waals surface area contributed by atoms with Gasteiger partial charge in [0.15, 0.2) is 0 Å². The van der Waals surface area contributed by atoms with Crippen LogP contribution in [-0.4, -0.2) is 11.7 Å². The summed E-state index contributed by atoms with van der Waals surface area (Å²) < 4.78 is 5.43. The highest BCUT2D eigenvalue weighted by Gasteiger charge is 2.17. The third-order valence-electron chi connectivity index (χ3n) is 2.19. The molecule has 12 heavy (non-hydrogen) atoms. The minimum Gasteiger partial charge on any atom is -0.493 e. The average molecular weight is 164 g/mol. The van der Waals surface area contributed by atoms with Gasteiger partial charge in [0.05, 0.1) is 12.7 Å². The van der Waals surface area contributed by atoms with Crippen LogP contribution in [0.4, 0.5) is 0 Å². The van der Waals surface area contributed by atoms with Crippen LogP contribution in [0.3, 0.4) is 0 Å². The van der Waals surface area contributed by atoms with E-state index in [1.165, 1.54) is 5.56 Å². The number of hydrogen-bond acceptors (Lipinski definition) is 2. The number of ether oxygens (including phenoxy) is 1. The number of fused-ring (bicyclic) bond motifs is 1. The SMILES string of the molecule is C[C@@H](O)c1cccc2c1OCC2. The van der Waals surface area contributed by atoms with Crippen molar-refractivity contribution < 1.29 is 9.84 Å². The van der Waals surface area contributed by atoms with Gasteiger partial charge in [0.1, 0.15) is 5.75 Å². The van der Waals surface area contributed by atoms with Crippen molar-refractivity contribution in [2.75, 3.05) is 6.61 Å². The van der Waals surface area contributed by atoms with Crippen LogP contribution < -0.4 is 4.74 Å². The van der Waals surface area contributed by atoms with E-state index in [0.717, 1.165) is 24.3 Å². The molecule has 0 bridgehead atoms. The van der Waals surface area contributed by atoms with Crippen molar-refractivity contribution in [1.82, 2.24) is 0 Å². The zero-order chi connectivity index (χ0) is 8.55. The van der Waals surface area contributed by atoms with Gasteiger partial charge in [-0.1, -0.05) is 18.2 Å². The fraction of sp³-hybridized carbons (Fsp3) is 0.400. The van der Waals surface area contributed by atoms with Gasteiger partial charge in [-0.25, -0.2) is 0 Å². The Morgan fingerprint density at radius 1 is 1.50 bits per heavy atom. The summed E-state index contributed by atoms with van der Waals surface area (Å²) >= 11 is 0. The van der Waals surface area contributed by atoms with Crippen molar-refractivity contribution in [3.63, 3.8) is 0 Å². The number of benzene rings is 1. The smallest absolute Gasteiger partial charge is 0.128 e. The molecule has 1 N–H and O–H groups in total. The average Bonchev–Trinajstić information content (AvgIpc) is 2.49. The fourth-order valence-electron chi connectivity index (χ4n) is 1.57. The predicted octanol–water partition coefficient (Wildman–Crippen LogP) is 1.67. The van der Waals surface area contributed by atoms with Crippen LogP contribution >= 0.6 is 0 Å². The van der Waals surface area contributed by atoms with Crippen LogP contribution in [0.1, 0.15) is 24.2 Å². The van der Waals surface area contributed by atoms with Crippen molar-refractivity contribution in [3.05, 3.63) is 29.3 Å². The Labute approximate surface area is 71.8 Å². The number of para-hydroxylation sites is 1. The Morgan fingerprint density at radius 3 is 3.08 bits per heavy atom. The van der Waals surface area contributed by atoms with Gasteiger partial charge in [-0.05, 0) is 12.5 Å². The molecular weight excluding hydrogens is 152 g/mol. The van der Waals surface area contributed by atoms with Gasteiger partial charge in [-0.2, -0.15) is 0 Å². The van der Waals surface area contributed by atoms with Crippen molar-refractivity contribution >= 4 is 0 Å². The molecule has 0 aromatic heterocycles. The lowest BCUT2D eigenvalue weighted by Gasteiger charge is -2.09. The minimum atomic E-state index is -0.432. The first kappa shape index (κ1) is 7.62. The Morgan fingerprint density at radius 2 is 2.33 bits per heavy atom. The second kappa shape index (κ2) is 2.79. The second-order valence-corrected chi connectivity index (χ2v) is 3.11. The van der Waals surface area contributed by atoms with Gasteiger partial charge >= 0.3 is 0 Å². The maximum absolute atomic E-state index is 9.41.